The van der Waals surface area contributed by atoms with Crippen LogP contribution in [0.5, 0.6) is 0 Å². The van der Waals surface area contributed by atoms with Crippen molar-refractivity contribution in [2.24, 2.45) is 11.5 Å². The maximum absolute atomic E-state index is 12.1. The molecule has 2 rings (SSSR count). The Bertz CT molecular complexity index is 468. The molecule has 0 heterocycles. The second-order valence-corrected chi connectivity index (χ2v) is 5.28. The SMILES string of the molecule is NC1CC(O)C(O)CC1(N)C(=O)OCc1ccccc1. The lowest BCUT2D eigenvalue weighted by Crippen LogP contribution is -2.67. The third-order valence-electron chi connectivity index (χ3n) is 3.74. The summed E-state index contributed by atoms with van der Waals surface area (Å²) in [5.74, 6) is -0.653. The second-order valence-electron chi connectivity index (χ2n) is 5.28. The summed E-state index contributed by atoms with van der Waals surface area (Å²) in [7, 11) is 0. The van der Waals surface area contributed by atoms with E-state index in [1.807, 2.05) is 30.3 Å². The third-order valence-corrected chi connectivity index (χ3v) is 3.74. The minimum Gasteiger partial charge on any atom is -0.459 e. The third kappa shape index (κ3) is 2.99. The lowest BCUT2D eigenvalue weighted by molar-refractivity contribution is -0.158. The van der Waals surface area contributed by atoms with E-state index in [0.717, 1.165) is 5.56 Å². The number of nitrogens with two attached hydrogens (primary N) is 2. The maximum Gasteiger partial charge on any atom is 0.328 e. The number of aliphatic hydroxyl groups is 2. The van der Waals surface area contributed by atoms with Gasteiger partial charge in [-0.25, -0.2) is 4.79 Å². The zero-order valence-corrected chi connectivity index (χ0v) is 11.1. The Hall–Kier alpha value is -1.47. The van der Waals surface area contributed by atoms with Crippen molar-refractivity contribution in [3.8, 4) is 0 Å². The first-order chi connectivity index (χ1) is 9.43. The number of rotatable bonds is 3. The largest absolute Gasteiger partial charge is 0.459 e. The summed E-state index contributed by atoms with van der Waals surface area (Å²) < 4.78 is 5.19. The van der Waals surface area contributed by atoms with Gasteiger partial charge >= 0.3 is 5.97 Å². The highest BCUT2D eigenvalue weighted by Gasteiger charge is 2.49. The van der Waals surface area contributed by atoms with E-state index in [1.165, 1.54) is 0 Å². The van der Waals surface area contributed by atoms with E-state index < -0.39 is 29.8 Å². The summed E-state index contributed by atoms with van der Waals surface area (Å²) in [6, 6.07) is 8.46. The van der Waals surface area contributed by atoms with Crippen molar-refractivity contribution in [1.29, 1.82) is 0 Å². The Labute approximate surface area is 117 Å². The summed E-state index contributed by atoms with van der Waals surface area (Å²) in [6.45, 7) is 0.101. The molecule has 1 fully saturated rings. The van der Waals surface area contributed by atoms with E-state index in [0.29, 0.717) is 0 Å². The number of carbonyl (C=O) groups excluding carboxylic acids is 1. The minimum absolute atomic E-state index is 0.0676. The fraction of sp³-hybridized carbons (Fsp3) is 0.500. The summed E-state index contributed by atoms with van der Waals surface area (Å²) in [5, 5.41) is 19.2. The zero-order valence-electron chi connectivity index (χ0n) is 11.1. The van der Waals surface area contributed by atoms with Crippen molar-refractivity contribution < 1.29 is 19.7 Å². The highest BCUT2D eigenvalue weighted by atomic mass is 16.5. The van der Waals surface area contributed by atoms with Gasteiger partial charge in [-0.2, -0.15) is 0 Å². The van der Waals surface area contributed by atoms with Gasteiger partial charge in [0.15, 0.2) is 0 Å². The monoisotopic (exact) mass is 280 g/mol. The molecule has 1 aromatic rings. The number of benzene rings is 1. The van der Waals surface area contributed by atoms with Crippen molar-refractivity contribution in [1.82, 2.24) is 0 Å². The van der Waals surface area contributed by atoms with Crippen LogP contribution in [0.3, 0.4) is 0 Å². The maximum atomic E-state index is 12.1. The van der Waals surface area contributed by atoms with E-state index in [1.54, 1.807) is 0 Å². The molecule has 0 amide bonds. The van der Waals surface area contributed by atoms with Gasteiger partial charge in [-0.05, 0) is 12.0 Å². The Kier molecular flexibility index (Phi) is 4.39. The lowest BCUT2D eigenvalue weighted by Gasteiger charge is -2.41. The highest BCUT2D eigenvalue weighted by Crippen LogP contribution is 2.27. The normalized spacial score (nSPS) is 33.7. The molecule has 4 unspecified atom stereocenters. The van der Waals surface area contributed by atoms with Crippen molar-refractivity contribution in [2.45, 2.75) is 43.2 Å². The van der Waals surface area contributed by atoms with Crippen LogP contribution in [0.2, 0.25) is 0 Å². The van der Waals surface area contributed by atoms with Crippen LogP contribution in [0.4, 0.5) is 0 Å². The minimum atomic E-state index is -1.46. The van der Waals surface area contributed by atoms with Gasteiger partial charge in [-0.3, -0.25) is 0 Å². The van der Waals surface area contributed by atoms with Crippen molar-refractivity contribution in [3.63, 3.8) is 0 Å². The van der Waals surface area contributed by atoms with Gasteiger partial charge in [0.1, 0.15) is 12.1 Å². The molecule has 0 radical (unpaired) electrons. The fourth-order valence-electron chi connectivity index (χ4n) is 2.35. The van der Waals surface area contributed by atoms with Gasteiger partial charge in [0.2, 0.25) is 0 Å². The molecule has 1 aromatic carbocycles. The van der Waals surface area contributed by atoms with Crippen LogP contribution in [0.15, 0.2) is 30.3 Å². The van der Waals surface area contributed by atoms with Crippen LogP contribution in [-0.4, -0.2) is 40.0 Å². The summed E-state index contributed by atoms with van der Waals surface area (Å²) in [6.07, 6.45) is -2.06. The number of hydrogen-bond acceptors (Lipinski definition) is 6. The van der Waals surface area contributed by atoms with Gasteiger partial charge in [0.05, 0.1) is 12.2 Å². The molecule has 0 spiro atoms. The molecule has 6 nitrogen and oxygen atoms in total. The number of hydrogen-bond donors (Lipinski definition) is 4. The Morgan fingerprint density at radius 1 is 1.30 bits per heavy atom. The van der Waals surface area contributed by atoms with Gasteiger partial charge in [0, 0.05) is 12.5 Å². The molecule has 0 bridgehead atoms. The van der Waals surface area contributed by atoms with E-state index in [9.17, 15) is 15.0 Å². The van der Waals surface area contributed by atoms with Crippen molar-refractivity contribution in [3.05, 3.63) is 35.9 Å². The molecule has 0 saturated heterocycles. The zero-order chi connectivity index (χ0) is 14.8. The Morgan fingerprint density at radius 2 is 1.95 bits per heavy atom. The highest BCUT2D eigenvalue weighted by molar-refractivity contribution is 5.82. The van der Waals surface area contributed by atoms with Crippen LogP contribution < -0.4 is 11.5 Å². The number of carbonyl (C=O) groups is 1. The molecule has 1 aliphatic carbocycles. The van der Waals surface area contributed by atoms with Crippen LogP contribution in [-0.2, 0) is 16.1 Å². The Balaban J connectivity index is 2.00. The van der Waals surface area contributed by atoms with E-state index in [2.05, 4.69) is 0 Å². The lowest BCUT2D eigenvalue weighted by atomic mass is 9.76. The predicted octanol–water partition coefficient (Wildman–Crippen LogP) is -0.730. The molecule has 4 atom stereocenters. The fourth-order valence-corrected chi connectivity index (χ4v) is 2.35. The number of ether oxygens (including phenoxy) is 1. The number of aliphatic hydroxyl groups excluding tert-OH is 2. The van der Waals surface area contributed by atoms with E-state index in [4.69, 9.17) is 16.2 Å². The van der Waals surface area contributed by atoms with E-state index in [-0.39, 0.29) is 19.4 Å². The molecule has 0 aromatic heterocycles. The molecular weight excluding hydrogens is 260 g/mol. The van der Waals surface area contributed by atoms with Gasteiger partial charge in [0.25, 0.3) is 0 Å². The molecular formula is C14H20N2O4. The molecule has 1 saturated carbocycles. The molecule has 110 valence electrons. The topological polar surface area (TPSA) is 119 Å². The summed E-state index contributed by atoms with van der Waals surface area (Å²) >= 11 is 0. The first-order valence-corrected chi connectivity index (χ1v) is 6.55. The number of esters is 1. The molecule has 1 aliphatic rings. The van der Waals surface area contributed by atoms with Crippen LogP contribution in [0.25, 0.3) is 0 Å². The smallest absolute Gasteiger partial charge is 0.328 e. The first kappa shape index (κ1) is 14.9. The van der Waals surface area contributed by atoms with E-state index >= 15 is 0 Å². The average Bonchev–Trinajstić information content (AvgIpc) is 2.44. The summed E-state index contributed by atoms with van der Waals surface area (Å²) in [4.78, 5) is 12.1. The quantitative estimate of drug-likeness (QED) is 0.542. The van der Waals surface area contributed by atoms with Crippen LogP contribution in [0, 0.1) is 0 Å². The first-order valence-electron chi connectivity index (χ1n) is 6.55. The van der Waals surface area contributed by atoms with Crippen LogP contribution in [0.1, 0.15) is 18.4 Å². The summed E-state index contributed by atoms with van der Waals surface area (Å²) in [5.41, 5.74) is 11.2. The molecule has 6 heteroatoms. The van der Waals surface area contributed by atoms with Gasteiger partial charge < -0.3 is 26.4 Å². The van der Waals surface area contributed by atoms with Crippen LogP contribution >= 0.6 is 0 Å². The van der Waals surface area contributed by atoms with Gasteiger partial charge in [-0.15, -0.1) is 0 Å². The molecule has 20 heavy (non-hydrogen) atoms. The predicted molar refractivity (Wildman–Crippen MR) is 72.4 cm³/mol. The average molecular weight is 280 g/mol. The molecule has 0 aliphatic heterocycles. The second kappa shape index (κ2) is 5.88. The molecule has 6 N–H and O–H groups in total. The Morgan fingerprint density at radius 3 is 2.60 bits per heavy atom. The standard InChI is InChI=1S/C14H20N2O4/c15-12-6-10(17)11(18)7-14(12,16)13(19)20-8-9-4-2-1-3-5-9/h1-5,10-12,17-18H,6-8,15-16H2. The van der Waals surface area contributed by atoms with Gasteiger partial charge in [-0.1, -0.05) is 30.3 Å². The van der Waals surface area contributed by atoms with Crippen molar-refractivity contribution >= 4 is 5.97 Å². The van der Waals surface area contributed by atoms with Crippen molar-refractivity contribution in [2.75, 3.05) is 0 Å².